The Labute approximate surface area is 132 Å². The number of amides is 1. The molecule has 0 spiro atoms. The molecular formula is C17H23N3O2. The van der Waals surface area contributed by atoms with E-state index in [4.69, 9.17) is 4.74 Å². The summed E-state index contributed by atoms with van der Waals surface area (Å²) in [5.74, 6) is -0.272. The molecule has 1 N–H and O–H groups in total. The summed E-state index contributed by atoms with van der Waals surface area (Å²) < 4.78 is 4.91. The zero-order chi connectivity index (χ0) is 16.4. The smallest absolute Gasteiger partial charge is 0.266 e. The molecule has 1 aromatic carbocycles. The van der Waals surface area contributed by atoms with Crippen molar-refractivity contribution in [3.63, 3.8) is 0 Å². The maximum atomic E-state index is 12.5. The third-order valence-corrected chi connectivity index (χ3v) is 3.13. The van der Waals surface area contributed by atoms with Gasteiger partial charge in [0.1, 0.15) is 11.6 Å². The van der Waals surface area contributed by atoms with Crippen molar-refractivity contribution in [2.24, 2.45) is 0 Å². The highest BCUT2D eigenvalue weighted by atomic mass is 16.5. The molecule has 0 aliphatic rings. The van der Waals surface area contributed by atoms with E-state index in [0.29, 0.717) is 19.7 Å². The molecule has 0 aliphatic carbocycles. The van der Waals surface area contributed by atoms with E-state index < -0.39 is 0 Å². The van der Waals surface area contributed by atoms with Gasteiger partial charge in [0.25, 0.3) is 5.91 Å². The number of hydrogen-bond acceptors (Lipinski definition) is 4. The van der Waals surface area contributed by atoms with Gasteiger partial charge in [0.15, 0.2) is 0 Å². The lowest BCUT2D eigenvalue weighted by Gasteiger charge is -2.26. The first-order chi connectivity index (χ1) is 10.6. The summed E-state index contributed by atoms with van der Waals surface area (Å²) in [5, 5.41) is 12.1. The minimum Gasteiger partial charge on any atom is -0.387 e. The van der Waals surface area contributed by atoms with Crippen LogP contribution in [0.4, 0.5) is 0 Å². The molecule has 0 saturated carbocycles. The second-order valence-corrected chi connectivity index (χ2v) is 5.13. The zero-order valence-corrected chi connectivity index (χ0v) is 13.4. The van der Waals surface area contributed by atoms with E-state index >= 15 is 0 Å². The Morgan fingerprint density at radius 3 is 2.64 bits per heavy atom. The third kappa shape index (κ3) is 5.58. The molecule has 118 valence electrons. The van der Waals surface area contributed by atoms with Crippen LogP contribution >= 0.6 is 0 Å². The van der Waals surface area contributed by atoms with Gasteiger partial charge >= 0.3 is 0 Å². The van der Waals surface area contributed by atoms with Crippen LogP contribution in [0.15, 0.2) is 42.1 Å². The predicted molar refractivity (Wildman–Crippen MR) is 85.7 cm³/mol. The Kier molecular flexibility index (Phi) is 7.73. The van der Waals surface area contributed by atoms with Gasteiger partial charge in [-0.25, -0.2) is 0 Å². The summed E-state index contributed by atoms with van der Waals surface area (Å²) in [6.07, 6.45) is 1.46. The summed E-state index contributed by atoms with van der Waals surface area (Å²) in [7, 11) is 1.60. The minimum absolute atomic E-state index is 0.00318. The number of methoxy groups -OCH3 is 1. The minimum atomic E-state index is -0.272. The second-order valence-electron chi connectivity index (χ2n) is 5.13. The fraction of sp³-hybridized carbons (Fsp3) is 0.412. The fourth-order valence-corrected chi connectivity index (χ4v) is 1.90. The van der Waals surface area contributed by atoms with E-state index in [1.807, 2.05) is 50.2 Å². The molecule has 0 saturated heterocycles. The molecule has 1 aromatic rings. The van der Waals surface area contributed by atoms with Crippen LogP contribution in [0.3, 0.4) is 0 Å². The van der Waals surface area contributed by atoms with Crippen LogP contribution < -0.4 is 5.32 Å². The molecule has 0 aliphatic heterocycles. The van der Waals surface area contributed by atoms with Gasteiger partial charge in [-0.1, -0.05) is 30.3 Å². The highest BCUT2D eigenvalue weighted by molar-refractivity contribution is 5.97. The lowest BCUT2D eigenvalue weighted by atomic mass is 10.1. The van der Waals surface area contributed by atoms with Gasteiger partial charge in [-0.05, 0) is 19.4 Å². The van der Waals surface area contributed by atoms with Crippen LogP contribution in [-0.2, 0) is 16.1 Å². The first kappa shape index (κ1) is 17.7. The Morgan fingerprint density at radius 2 is 2.09 bits per heavy atom. The van der Waals surface area contributed by atoms with Gasteiger partial charge in [-0.2, -0.15) is 5.26 Å². The molecule has 1 rings (SSSR count). The maximum absolute atomic E-state index is 12.5. The quantitative estimate of drug-likeness (QED) is 0.453. The van der Waals surface area contributed by atoms with Crippen molar-refractivity contribution in [1.29, 1.82) is 5.26 Å². The lowest BCUT2D eigenvalue weighted by Crippen LogP contribution is -2.37. The van der Waals surface area contributed by atoms with Crippen molar-refractivity contribution in [3.05, 3.63) is 47.7 Å². The van der Waals surface area contributed by atoms with Crippen LogP contribution in [0.2, 0.25) is 0 Å². The number of benzene rings is 1. The number of carbonyl (C=O) groups is 1. The van der Waals surface area contributed by atoms with Crippen molar-refractivity contribution >= 4 is 5.91 Å². The average Bonchev–Trinajstić information content (AvgIpc) is 2.53. The topological polar surface area (TPSA) is 65.4 Å². The molecule has 0 unspecified atom stereocenters. The number of ether oxygens (including phenoxy) is 1. The van der Waals surface area contributed by atoms with Gasteiger partial charge in [-0.15, -0.1) is 0 Å². The van der Waals surface area contributed by atoms with Gasteiger partial charge in [-0.3, -0.25) is 4.79 Å². The van der Waals surface area contributed by atoms with E-state index in [2.05, 4.69) is 5.32 Å². The second kappa shape index (κ2) is 9.59. The van der Waals surface area contributed by atoms with Crippen LogP contribution in [0.1, 0.15) is 19.4 Å². The predicted octanol–water partition coefficient (Wildman–Crippen LogP) is 2.07. The Hall–Kier alpha value is -2.32. The van der Waals surface area contributed by atoms with Crippen LogP contribution in [0.5, 0.6) is 0 Å². The van der Waals surface area contributed by atoms with Crippen molar-refractivity contribution in [2.45, 2.75) is 26.4 Å². The van der Waals surface area contributed by atoms with Crippen LogP contribution in [0, 0.1) is 11.3 Å². The Balaban J connectivity index is 2.81. The molecule has 0 fully saturated rings. The van der Waals surface area contributed by atoms with E-state index in [-0.39, 0.29) is 17.5 Å². The van der Waals surface area contributed by atoms with Gasteiger partial charge in [0.05, 0.1) is 6.61 Å². The summed E-state index contributed by atoms with van der Waals surface area (Å²) in [5.41, 5.74) is 1.13. The van der Waals surface area contributed by atoms with Crippen molar-refractivity contribution in [3.8, 4) is 6.07 Å². The number of hydrogen-bond donors (Lipinski definition) is 1. The Bertz CT molecular complexity index is 533. The summed E-state index contributed by atoms with van der Waals surface area (Å²) >= 11 is 0. The molecule has 0 bridgehead atoms. The molecule has 22 heavy (non-hydrogen) atoms. The molecule has 0 aromatic heterocycles. The highest BCUT2D eigenvalue weighted by Crippen LogP contribution is 2.12. The van der Waals surface area contributed by atoms with Crippen LogP contribution in [-0.4, -0.2) is 37.1 Å². The molecule has 1 amide bonds. The third-order valence-electron chi connectivity index (χ3n) is 3.13. The maximum Gasteiger partial charge on any atom is 0.266 e. The summed E-state index contributed by atoms with van der Waals surface area (Å²) in [6, 6.07) is 11.7. The largest absolute Gasteiger partial charge is 0.387 e. The van der Waals surface area contributed by atoms with Gasteiger partial charge < -0.3 is 15.0 Å². The number of nitrogens with zero attached hydrogens (tertiary/aromatic N) is 2. The molecule has 5 heteroatoms. The van der Waals surface area contributed by atoms with E-state index in [1.165, 1.54) is 6.20 Å². The number of rotatable bonds is 8. The van der Waals surface area contributed by atoms with E-state index in [0.717, 1.165) is 5.56 Å². The SMILES string of the molecule is COCCN/C=C(/C#N)C(=O)N(Cc1ccccc1)C(C)C. The average molecular weight is 301 g/mol. The van der Waals surface area contributed by atoms with Crippen molar-refractivity contribution < 1.29 is 9.53 Å². The number of nitriles is 1. The molecule has 0 radical (unpaired) electrons. The van der Waals surface area contributed by atoms with Crippen molar-refractivity contribution in [2.75, 3.05) is 20.3 Å². The molecule has 5 nitrogen and oxygen atoms in total. The number of carbonyl (C=O) groups excluding carboxylic acids is 1. The van der Waals surface area contributed by atoms with E-state index in [1.54, 1.807) is 12.0 Å². The van der Waals surface area contributed by atoms with E-state index in [9.17, 15) is 10.1 Å². The molecular weight excluding hydrogens is 278 g/mol. The Morgan fingerprint density at radius 1 is 1.41 bits per heavy atom. The molecule has 0 atom stereocenters. The van der Waals surface area contributed by atoms with Gasteiger partial charge in [0, 0.05) is 32.4 Å². The van der Waals surface area contributed by atoms with Gasteiger partial charge in [0.2, 0.25) is 0 Å². The monoisotopic (exact) mass is 301 g/mol. The first-order valence-electron chi connectivity index (χ1n) is 7.27. The fourth-order valence-electron chi connectivity index (χ4n) is 1.90. The highest BCUT2D eigenvalue weighted by Gasteiger charge is 2.21. The zero-order valence-electron chi connectivity index (χ0n) is 13.4. The lowest BCUT2D eigenvalue weighted by molar-refractivity contribution is -0.129. The van der Waals surface area contributed by atoms with Crippen LogP contribution in [0.25, 0.3) is 0 Å². The summed E-state index contributed by atoms with van der Waals surface area (Å²) in [6.45, 7) is 5.42. The number of nitrogens with one attached hydrogen (secondary N) is 1. The van der Waals surface area contributed by atoms with Crippen molar-refractivity contribution in [1.82, 2.24) is 10.2 Å². The first-order valence-corrected chi connectivity index (χ1v) is 7.27. The summed E-state index contributed by atoms with van der Waals surface area (Å²) in [4.78, 5) is 14.2. The standard InChI is InChI=1S/C17H23N3O2/c1-14(2)20(13-15-7-5-4-6-8-15)17(21)16(11-18)12-19-9-10-22-3/h4-8,12,14,19H,9-10,13H2,1-3H3/b16-12-. The normalized spacial score (nSPS) is 11.1. The molecule has 0 heterocycles.